The fraction of sp³-hybridized carbons (Fsp3) is 0.545. The molecule has 1 aromatic rings. The Balaban J connectivity index is 1.74. The average Bonchev–Trinajstić information content (AvgIpc) is 2.62. The Bertz CT molecular complexity index is 641. The Kier molecular flexibility index (Phi) is 7.60. The molecule has 0 atom stereocenters. The van der Waals surface area contributed by atoms with Gasteiger partial charge in [-0.05, 0) is 26.3 Å². The van der Waals surface area contributed by atoms with E-state index in [9.17, 15) is 9.59 Å². The van der Waals surface area contributed by atoms with Crippen LogP contribution in [-0.2, 0) is 9.59 Å². The molecule has 0 aliphatic carbocycles. The smallest absolute Gasteiger partial charge is 0.224 e. The molecule has 5 heteroatoms. The number of piperazine rings is 1. The first-order chi connectivity index (χ1) is 12.8. The van der Waals surface area contributed by atoms with Gasteiger partial charge in [0.1, 0.15) is 0 Å². The topological polar surface area (TPSA) is 43.9 Å². The molecule has 0 radical (unpaired) electrons. The van der Waals surface area contributed by atoms with Crippen molar-refractivity contribution < 1.29 is 9.59 Å². The molecule has 1 saturated heterocycles. The molecule has 1 fully saturated rings. The molecule has 0 spiro atoms. The summed E-state index contributed by atoms with van der Waals surface area (Å²) in [7, 11) is 0. The minimum atomic E-state index is -0.254. The van der Waals surface area contributed by atoms with Crippen LogP contribution < -0.4 is 0 Å². The maximum Gasteiger partial charge on any atom is 0.224 e. The van der Waals surface area contributed by atoms with Crippen molar-refractivity contribution in [1.29, 1.82) is 0 Å². The van der Waals surface area contributed by atoms with Gasteiger partial charge in [-0.15, -0.1) is 0 Å². The quantitative estimate of drug-likeness (QED) is 0.772. The van der Waals surface area contributed by atoms with Gasteiger partial charge in [-0.25, -0.2) is 0 Å². The molecule has 0 bridgehead atoms. The molecule has 148 valence electrons. The Morgan fingerprint density at radius 1 is 1.07 bits per heavy atom. The highest BCUT2D eigenvalue weighted by Crippen LogP contribution is 2.15. The Morgan fingerprint density at radius 3 is 2.26 bits per heavy atom. The second-order valence-electron chi connectivity index (χ2n) is 8.09. The van der Waals surface area contributed by atoms with Gasteiger partial charge >= 0.3 is 0 Å². The molecule has 1 aliphatic heterocycles. The Labute approximate surface area is 163 Å². The van der Waals surface area contributed by atoms with Gasteiger partial charge in [0, 0.05) is 58.2 Å². The molecule has 1 aliphatic rings. The minimum Gasteiger partial charge on any atom is -0.340 e. The first kappa shape index (κ1) is 21.2. The van der Waals surface area contributed by atoms with E-state index in [4.69, 9.17) is 0 Å². The lowest BCUT2D eigenvalue weighted by Gasteiger charge is -2.37. The van der Waals surface area contributed by atoms with Crippen molar-refractivity contribution in [3.8, 4) is 0 Å². The summed E-state index contributed by atoms with van der Waals surface area (Å²) >= 11 is 0. The average molecular weight is 372 g/mol. The second kappa shape index (κ2) is 9.70. The lowest BCUT2D eigenvalue weighted by molar-refractivity contribution is -0.137. The summed E-state index contributed by atoms with van der Waals surface area (Å²) in [5.74, 6) is 0.162. The third kappa shape index (κ3) is 6.83. The molecule has 0 saturated carbocycles. The highest BCUT2D eigenvalue weighted by molar-refractivity contribution is 5.78. The molecule has 0 aromatic heterocycles. The second-order valence-corrected chi connectivity index (χ2v) is 8.09. The lowest BCUT2D eigenvalue weighted by atomic mass is 10.1. The summed E-state index contributed by atoms with van der Waals surface area (Å²) in [4.78, 5) is 30.4. The summed E-state index contributed by atoms with van der Waals surface area (Å²) in [6, 6.07) is 10.3. The van der Waals surface area contributed by atoms with Crippen molar-refractivity contribution >= 4 is 17.9 Å². The van der Waals surface area contributed by atoms with Crippen LogP contribution in [0.25, 0.3) is 6.08 Å². The summed E-state index contributed by atoms with van der Waals surface area (Å²) in [5.41, 5.74) is 0.954. The highest BCUT2D eigenvalue weighted by atomic mass is 16.2. The van der Waals surface area contributed by atoms with Gasteiger partial charge in [0.15, 0.2) is 0 Å². The van der Waals surface area contributed by atoms with Crippen LogP contribution in [0.15, 0.2) is 36.4 Å². The van der Waals surface area contributed by atoms with E-state index >= 15 is 0 Å². The van der Waals surface area contributed by atoms with Gasteiger partial charge < -0.3 is 9.80 Å². The van der Waals surface area contributed by atoms with Crippen LogP contribution in [0.1, 0.15) is 39.7 Å². The summed E-state index contributed by atoms with van der Waals surface area (Å²) in [5, 5.41) is 0. The van der Waals surface area contributed by atoms with Gasteiger partial charge in [-0.3, -0.25) is 14.5 Å². The molecular weight excluding hydrogens is 338 g/mol. The van der Waals surface area contributed by atoms with Gasteiger partial charge in [-0.2, -0.15) is 0 Å². The minimum absolute atomic E-state index is 0.0188. The normalized spacial score (nSPS) is 15.9. The van der Waals surface area contributed by atoms with Gasteiger partial charge in [0.2, 0.25) is 11.8 Å². The third-order valence-electron chi connectivity index (χ3n) is 4.94. The maximum atomic E-state index is 12.5. The van der Waals surface area contributed by atoms with Crippen molar-refractivity contribution in [2.75, 3.05) is 39.3 Å². The zero-order valence-electron chi connectivity index (χ0n) is 17.1. The molecular formula is C22H33N3O2. The molecule has 1 aromatic carbocycles. The van der Waals surface area contributed by atoms with E-state index in [0.29, 0.717) is 13.0 Å². The molecule has 2 amide bonds. The molecule has 27 heavy (non-hydrogen) atoms. The lowest BCUT2D eigenvalue weighted by Crippen LogP contribution is -2.50. The van der Waals surface area contributed by atoms with Gasteiger partial charge in [0.05, 0.1) is 0 Å². The number of nitrogens with zero attached hydrogens (tertiary/aromatic N) is 3. The fourth-order valence-electron chi connectivity index (χ4n) is 3.41. The van der Waals surface area contributed by atoms with Crippen LogP contribution in [0, 0.1) is 0 Å². The molecule has 2 rings (SSSR count). The van der Waals surface area contributed by atoms with E-state index in [0.717, 1.165) is 32.7 Å². The summed E-state index contributed by atoms with van der Waals surface area (Å²) in [6.45, 7) is 12.2. The van der Waals surface area contributed by atoms with Crippen molar-refractivity contribution in [1.82, 2.24) is 14.7 Å². The third-order valence-corrected chi connectivity index (χ3v) is 4.94. The van der Waals surface area contributed by atoms with Crippen molar-refractivity contribution in [2.45, 2.75) is 39.7 Å². The largest absolute Gasteiger partial charge is 0.340 e. The molecule has 5 nitrogen and oxygen atoms in total. The van der Waals surface area contributed by atoms with E-state index < -0.39 is 0 Å². The molecule has 1 heterocycles. The fourth-order valence-corrected chi connectivity index (χ4v) is 3.41. The van der Waals surface area contributed by atoms with E-state index in [2.05, 4.69) is 29.2 Å². The standard InChI is InChI=1S/C22H33N3O2/c1-19(26)25(22(2,3)4)14-12-21(27)24-17-15-23(16-18-24)13-8-11-20-9-6-5-7-10-20/h5-11H,12-18H2,1-4H3/b11-8+. The zero-order chi connectivity index (χ0) is 19.9. The van der Waals surface area contributed by atoms with Crippen molar-refractivity contribution in [2.24, 2.45) is 0 Å². The van der Waals surface area contributed by atoms with E-state index in [1.165, 1.54) is 5.56 Å². The van der Waals surface area contributed by atoms with Crippen LogP contribution >= 0.6 is 0 Å². The monoisotopic (exact) mass is 371 g/mol. The molecule has 0 unspecified atom stereocenters. The number of rotatable bonds is 6. The summed E-state index contributed by atoms with van der Waals surface area (Å²) in [6.07, 6.45) is 4.71. The van der Waals surface area contributed by atoms with Crippen LogP contribution in [0.4, 0.5) is 0 Å². The zero-order valence-corrected chi connectivity index (χ0v) is 17.1. The number of hydrogen-bond donors (Lipinski definition) is 0. The van der Waals surface area contributed by atoms with E-state index in [-0.39, 0.29) is 17.4 Å². The SMILES string of the molecule is CC(=O)N(CCC(=O)N1CCN(C/C=C/c2ccccc2)CC1)C(C)(C)C. The summed E-state index contributed by atoms with van der Waals surface area (Å²) < 4.78 is 0. The predicted molar refractivity (Wildman–Crippen MR) is 110 cm³/mol. The Hall–Kier alpha value is -2.14. The number of benzene rings is 1. The number of hydrogen-bond acceptors (Lipinski definition) is 3. The van der Waals surface area contributed by atoms with Gasteiger partial charge in [0.25, 0.3) is 0 Å². The number of carbonyl (C=O) groups is 2. The number of carbonyl (C=O) groups excluding carboxylic acids is 2. The van der Waals surface area contributed by atoms with E-state index in [1.807, 2.05) is 43.9 Å². The van der Waals surface area contributed by atoms with Crippen LogP contribution in [0.5, 0.6) is 0 Å². The van der Waals surface area contributed by atoms with Crippen LogP contribution in [0.2, 0.25) is 0 Å². The van der Waals surface area contributed by atoms with E-state index in [1.54, 1.807) is 11.8 Å². The molecule has 0 N–H and O–H groups in total. The van der Waals surface area contributed by atoms with Gasteiger partial charge in [-0.1, -0.05) is 42.5 Å². The Morgan fingerprint density at radius 2 is 1.70 bits per heavy atom. The van der Waals surface area contributed by atoms with Crippen LogP contribution in [-0.4, -0.2) is 71.3 Å². The number of amides is 2. The highest BCUT2D eigenvalue weighted by Gasteiger charge is 2.26. The first-order valence-electron chi connectivity index (χ1n) is 9.77. The van der Waals surface area contributed by atoms with Crippen molar-refractivity contribution in [3.05, 3.63) is 42.0 Å². The predicted octanol–water partition coefficient (Wildman–Crippen LogP) is 2.88. The maximum absolute atomic E-state index is 12.5. The van der Waals surface area contributed by atoms with Crippen LogP contribution in [0.3, 0.4) is 0 Å². The first-order valence-corrected chi connectivity index (χ1v) is 9.77. The van der Waals surface area contributed by atoms with Crippen molar-refractivity contribution in [3.63, 3.8) is 0 Å².